The molecule has 2 rings (SSSR count). The molecule has 0 saturated carbocycles. The van der Waals surface area contributed by atoms with Crippen LogP contribution in [-0.4, -0.2) is 4.98 Å². The first kappa shape index (κ1) is 11.2. The smallest absolute Gasteiger partial charge is 0.123 e. The second-order valence-electron chi connectivity index (χ2n) is 3.62. The van der Waals surface area contributed by atoms with Gasteiger partial charge in [-0.3, -0.25) is 0 Å². The lowest BCUT2D eigenvalue weighted by Crippen LogP contribution is -1.94. The fourth-order valence-corrected chi connectivity index (χ4v) is 2.51. The van der Waals surface area contributed by atoms with E-state index in [4.69, 9.17) is 5.73 Å². The zero-order valence-corrected chi connectivity index (χ0v) is 9.85. The van der Waals surface area contributed by atoms with Crippen molar-refractivity contribution in [3.8, 4) is 0 Å². The first-order valence-electron chi connectivity index (χ1n) is 5.08. The van der Waals surface area contributed by atoms with Crippen LogP contribution < -0.4 is 5.73 Å². The number of aryl methyl sites for hydroxylation is 1. The third-order valence-electron chi connectivity index (χ3n) is 2.39. The van der Waals surface area contributed by atoms with Gasteiger partial charge >= 0.3 is 0 Å². The summed E-state index contributed by atoms with van der Waals surface area (Å²) in [6.07, 6.45) is 0.795. The fourth-order valence-electron chi connectivity index (χ4n) is 1.53. The van der Waals surface area contributed by atoms with Gasteiger partial charge in [0.2, 0.25) is 0 Å². The van der Waals surface area contributed by atoms with Gasteiger partial charge in [-0.05, 0) is 24.6 Å². The average Bonchev–Trinajstić information content (AvgIpc) is 2.63. The summed E-state index contributed by atoms with van der Waals surface area (Å²) < 4.78 is 12.7. The molecular formula is C12H13FN2S. The number of aromatic nitrogens is 1. The van der Waals surface area contributed by atoms with Crippen molar-refractivity contribution in [2.24, 2.45) is 5.73 Å². The van der Waals surface area contributed by atoms with Crippen LogP contribution in [0.15, 0.2) is 24.3 Å². The van der Waals surface area contributed by atoms with Gasteiger partial charge in [0, 0.05) is 17.8 Å². The lowest BCUT2D eigenvalue weighted by Gasteiger charge is -1.99. The maximum Gasteiger partial charge on any atom is 0.123 e. The van der Waals surface area contributed by atoms with Gasteiger partial charge in [0.05, 0.1) is 5.69 Å². The van der Waals surface area contributed by atoms with Gasteiger partial charge < -0.3 is 5.73 Å². The molecule has 1 aromatic heterocycles. The van der Waals surface area contributed by atoms with E-state index in [0.29, 0.717) is 6.54 Å². The molecule has 1 heterocycles. The van der Waals surface area contributed by atoms with Crippen LogP contribution in [-0.2, 0) is 13.0 Å². The summed E-state index contributed by atoms with van der Waals surface area (Å²) in [5.74, 6) is -0.201. The highest BCUT2D eigenvalue weighted by Crippen LogP contribution is 2.21. The minimum atomic E-state index is -0.201. The summed E-state index contributed by atoms with van der Waals surface area (Å²) in [5.41, 5.74) is 7.66. The van der Waals surface area contributed by atoms with Gasteiger partial charge in [-0.2, -0.15) is 0 Å². The van der Waals surface area contributed by atoms with Crippen molar-refractivity contribution in [2.45, 2.75) is 19.9 Å². The second-order valence-corrected chi connectivity index (χ2v) is 4.79. The van der Waals surface area contributed by atoms with Crippen LogP contribution in [0, 0.1) is 12.7 Å². The minimum absolute atomic E-state index is 0.201. The maximum absolute atomic E-state index is 12.7. The standard InChI is InChI=1S/C12H13FN2S/c1-8-11(16-12(7-14)15-8)6-9-2-4-10(13)5-3-9/h2-5H,6-7,14H2,1H3. The number of nitrogens with two attached hydrogens (primary N) is 1. The van der Waals surface area contributed by atoms with E-state index in [-0.39, 0.29) is 5.82 Å². The molecule has 84 valence electrons. The molecule has 2 N–H and O–H groups in total. The molecular weight excluding hydrogens is 223 g/mol. The topological polar surface area (TPSA) is 38.9 Å². The SMILES string of the molecule is Cc1nc(CN)sc1Cc1ccc(F)cc1. The highest BCUT2D eigenvalue weighted by atomic mass is 32.1. The molecule has 0 fully saturated rings. The molecule has 0 aliphatic carbocycles. The van der Waals surface area contributed by atoms with E-state index in [1.54, 1.807) is 23.5 Å². The molecule has 2 aromatic rings. The third kappa shape index (κ3) is 2.46. The van der Waals surface area contributed by atoms with Crippen LogP contribution in [0.4, 0.5) is 4.39 Å². The van der Waals surface area contributed by atoms with Crippen molar-refractivity contribution in [2.75, 3.05) is 0 Å². The lowest BCUT2D eigenvalue weighted by molar-refractivity contribution is 0.627. The Morgan fingerprint density at radius 2 is 2.00 bits per heavy atom. The first-order valence-corrected chi connectivity index (χ1v) is 5.90. The molecule has 0 spiro atoms. The van der Waals surface area contributed by atoms with Crippen molar-refractivity contribution in [1.29, 1.82) is 0 Å². The highest BCUT2D eigenvalue weighted by molar-refractivity contribution is 7.11. The summed E-state index contributed by atoms with van der Waals surface area (Å²) in [6, 6.07) is 6.57. The Morgan fingerprint density at radius 3 is 2.56 bits per heavy atom. The third-order valence-corrected chi connectivity index (χ3v) is 3.57. The summed E-state index contributed by atoms with van der Waals surface area (Å²) in [4.78, 5) is 5.56. The van der Waals surface area contributed by atoms with Gasteiger partial charge in [0.1, 0.15) is 10.8 Å². The molecule has 0 aliphatic rings. The predicted molar refractivity (Wildman–Crippen MR) is 63.9 cm³/mol. The zero-order valence-electron chi connectivity index (χ0n) is 9.03. The predicted octanol–water partition coefficient (Wildman–Crippen LogP) is 2.64. The van der Waals surface area contributed by atoms with Gasteiger partial charge in [-0.15, -0.1) is 11.3 Å². The number of rotatable bonds is 3. The van der Waals surface area contributed by atoms with Gasteiger partial charge in [-0.25, -0.2) is 9.37 Å². The Balaban J connectivity index is 2.19. The molecule has 0 saturated heterocycles. The van der Waals surface area contributed by atoms with E-state index in [1.165, 1.54) is 17.0 Å². The summed E-state index contributed by atoms with van der Waals surface area (Å²) in [5, 5.41) is 0.953. The summed E-state index contributed by atoms with van der Waals surface area (Å²) in [7, 11) is 0. The van der Waals surface area contributed by atoms with Crippen molar-refractivity contribution in [3.63, 3.8) is 0 Å². The number of halogens is 1. The van der Waals surface area contributed by atoms with Crippen molar-refractivity contribution in [1.82, 2.24) is 4.98 Å². The molecule has 4 heteroatoms. The maximum atomic E-state index is 12.7. The zero-order chi connectivity index (χ0) is 11.5. The highest BCUT2D eigenvalue weighted by Gasteiger charge is 2.07. The van der Waals surface area contributed by atoms with Crippen LogP contribution in [0.3, 0.4) is 0 Å². The van der Waals surface area contributed by atoms with Gasteiger partial charge in [0.15, 0.2) is 0 Å². The van der Waals surface area contributed by atoms with Crippen LogP contribution in [0.1, 0.15) is 21.1 Å². The summed E-state index contributed by atoms with van der Waals surface area (Å²) >= 11 is 1.63. The van der Waals surface area contributed by atoms with Gasteiger partial charge in [0.25, 0.3) is 0 Å². The molecule has 0 radical (unpaired) electrons. The minimum Gasteiger partial charge on any atom is -0.325 e. The molecule has 16 heavy (non-hydrogen) atoms. The molecule has 2 nitrogen and oxygen atoms in total. The second kappa shape index (κ2) is 4.72. The Hall–Kier alpha value is -1.26. The van der Waals surface area contributed by atoms with Crippen LogP contribution >= 0.6 is 11.3 Å². The number of hydrogen-bond acceptors (Lipinski definition) is 3. The van der Waals surface area contributed by atoms with E-state index >= 15 is 0 Å². The Bertz CT molecular complexity index is 476. The number of thiazole rings is 1. The van der Waals surface area contributed by atoms with Crippen molar-refractivity contribution in [3.05, 3.63) is 51.2 Å². The van der Waals surface area contributed by atoms with Crippen LogP contribution in [0.25, 0.3) is 0 Å². The number of nitrogens with zero attached hydrogens (tertiary/aromatic N) is 1. The molecule has 0 aliphatic heterocycles. The van der Waals surface area contributed by atoms with Gasteiger partial charge in [-0.1, -0.05) is 12.1 Å². The Morgan fingerprint density at radius 1 is 1.31 bits per heavy atom. The number of benzene rings is 1. The van der Waals surface area contributed by atoms with E-state index < -0.39 is 0 Å². The van der Waals surface area contributed by atoms with Crippen molar-refractivity contribution < 1.29 is 4.39 Å². The van der Waals surface area contributed by atoms with Crippen LogP contribution in [0.2, 0.25) is 0 Å². The first-order chi connectivity index (χ1) is 7.69. The molecule has 0 unspecified atom stereocenters. The Kier molecular flexibility index (Phi) is 3.31. The van der Waals surface area contributed by atoms with E-state index in [0.717, 1.165) is 22.7 Å². The van der Waals surface area contributed by atoms with E-state index in [1.807, 2.05) is 6.92 Å². The van der Waals surface area contributed by atoms with Crippen molar-refractivity contribution >= 4 is 11.3 Å². The number of hydrogen-bond donors (Lipinski definition) is 1. The Labute approximate surface area is 97.9 Å². The monoisotopic (exact) mass is 236 g/mol. The molecule has 0 amide bonds. The normalized spacial score (nSPS) is 10.7. The summed E-state index contributed by atoms with van der Waals surface area (Å²) in [6.45, 7) is 2.46. The average molecular weight is 236 g/mol. The quantitative estimate of drug-likeness (QED) is 0.889. The van der Waals surface area contributed by atoms with E-state index in [2.05, 4.69) is 4.98 Å². The molecule has 1 aromatic carbocycles. The largest absolute Gasteiger partial charge is 0.325 e. The fraction of sp³-hybridized carbons (Fsp3) is 0.250. The molecule has 0 atom stereocenters. The van der Waals surface area contributed by atoms with Crippen LogP contribution in [0.5, 0.6) is 0 Å². The molecule has 0 bridgehead atoms. The lowest BCUT2D eigenvalue weighted by atomic mass is 10.1. The van der Waals surface area contributed by atoms with E-state index in [9.17, 15) is 4.39 Å².